The molecule has 0 saturated heterocycles. The zero-order valence-electron chi connectivity index (χ0n) is 20.5. The molecule has 0 aliphatic rings. The molecular formula is C25H26N6O4S2. The minimum absolute atomic E-state index is 0.0618. The number of carbonyl (C=O) groups excluding carboxylic acids is 1. The number of benzene rings is 2. The van der Waals surface area contributed by atoms with Gasteiger partial charge in [0.25, 0.3) is 10.0 Å². The van der Waals surface area contributed by atoms with E-state index >= 15 is 0 Å². The van der Waals surface area contributed by atoms with Crippen LogP contribution >= 0.6 is 11.3 Å². The van der Waals surface area contributed by atoms with Gasteiger partial charge in [0, 0.05) is 24.6 Å². The Kier molecular flexibility index (Phi) is 7.99. The highest BCUT2D eigenvalue weighted by Crippen LogP contribution is 2.31. The Morgan fingerprint density at radius 3 is 2.54 bits per heavy atom. The molecule has 0 amide bonds. The maximum Gasteiger partial charge on any atom is 0.310 e. The monoisotopic (exact) mass is 538 g/mol. The largest absolute Gasteiger partial charge is 0.466 e. The van der Waals surface area contributed by atoms with Crippen LogP contribution in [-0.2, 0) is 26.0 Å². The third-order valence-electron chi connectivity index (χ3n) is 5.15. The Morgan fingerprint density at radius 2 is 1.84 bits per heavy atom. The average molecular weight is 539 g/mol. The minimum atomic E-state index is -3.84. The summed E-state index contributed by atoms with van der Waals surface area (Å²) in [7, 11) is -2.03. The van der Waals surface area contributed by atoms with Crippen molar-refractivity contribution in [1.82, 2.24) is 15.0 Å². The van der Waals surface area contributed by atoms with Crippen LogP contribution in [0.3, 0.4) is 0 Å². The van der Waals surface area contributed by atoms with E-state index in [0.717, 1.165) is 21.4 Å². The van der Waals surface area contributed by atoms with Crippen molar-refractivity contribution in [2.75, 3.05) is 29.0 Å². The lowest BCUT2D eigenvalue weighted by Crippen LogP contribution is -2.13. The number of aryl methyl sites for hydroxylation is 1. The smallest absolute Gasteiger partial charge is 0.310 e. The van der Waals surface area contributed by atoms with E-state index in [0.29, 0.717) is 22.9 Å². The summed E-state index contributed by atoms with van der Waals surface area (Å²) in [6.45, 7) is 3.94. The molecule has 2 aromatic carbocycles. The summed E-state index contributed by atoms with van der Waals surface area (Å²) in [4.78, 5) is 26.0. The number of hydrogen-bond donors (Lipinski definition) is 3. The van der Waals surface area contributed by atoms with E-state index in [4.69, 9.17) is 4.74 Å². The van der Waals surface area contributed by atoms with Gasteiger partial charge in [-0.3, -0.25) is 9.52 Å². The third-order valence-corrected chi connectivity index (χ3v) is 7.75. The van der Waals surface area contributed by atoms with Crippen molar-refractivity contribution in [3.8, 4) is 10.6 Å². The summed E-state index contributed by atoms with van der Waals surface area (Å²) in [6.07, 6.45) is 1.72. The number of esters is 1. The maximum atomic E-state index is 12.9. The molecule has 0 unspecified atom stereocenters. The number of aromatic nitrogens is 3. The van der Waals surface area contributed by atoms with Crippen LogP contribution in [0.15, 0.2) is 65.7 Å². The number of rotatable bonds is 10. The lowest BCUT2D eigenvalue weighted by Gasteiger charge is -2.11. The molecule has 0 saturated carbocycles. The fraction of sp³-hybridized carbons (Fsp3) is 0.200. The Morgan fingerprint density at radius 1 is 1.05 bits per heavy atom. The molecule has 4 aromatic rings. The number of sulfonamides is 1. The Balaban J connectivity index is 1.45. The van der Waals surface area contributed by atoms with Crippen LogP contribution in [-0.4, -0.2) is 43.0 Å². The van der Waals surface area contributed by atoms with Gasteiger partial charge < -0.3 is 15.4 Å². The molecule has 0 bridgehead atoms. The molecule has 192 valence electrons. The van der Waals surface area contributed by atoms with E-state index in [1.807, 2.05) is 20.0 Å². The second-order valence-electron chi connectivity index (χ2n) is 7.89. The molecule has 2 aromatic heterocycles. The average Bonchev–Trinajstić information content (AvgIpc) is 3.25. The molecule has 3 N–H and O–H groups in total. The van der Waals surface area contributed by atoms with Crippen molar-refractivity contribution in [2.45, 2.75) is 25.2 Å². The van der Waals surface area contributed by atoms with Gasteiger partial charge in [-0.05, 0) is 61.9 Å². The molecule has 0 atom stereocenters. The van der Waals surface area contributed by atoms with Gasteiger partial charge in [-0.2, -0.15) is 0 Å². The van der Waals surface area contributed by atoms with Crippen molar-refractivity contribution < 1.29 is 17.9 Å². The Hall–Kier alpha value is -4.03. The van der Waals surface area contributed by atoms with Gasteiger partial charge in [0.05, 0.1) is 34.2 Å². The molecule has 37 heavy (non-hydrogen) atoms. The van der Waals surface area contributed by atoms with Crippen LogP contribution in [0.25, 0.3) is 10.6 Å². The van der Waals surface area contributed by atoms with E-state index in [2.05, 4.69) is 30.3 Å². The summed E-state index contributed by atoms with van der Waals surface area (Å²) in [5.41, 5.74) is 3.24. The number of nitrogens with one attached hydrogen (secondary N) is 3. The first-order chi connectivity index (χ1) is 17.8. The summed E-state index contributed by atoms with van der Waals surface area (Å²) < 4.78 is 33.3. The molecule has 0 radical (unpaired) electrons. The lowest BCUT2D eigenvalue weighted by atomic mass is 10.1. The fourth-order valence-electron chi connectivity index (χ4n) is 3.47. The number of ether oxygens (including phenoxy) is 1. The van der Waals surface area contributed by atoms with Gasteiger partial charge in [-0.15, -0.1) is 0 Å². The van der Waals surface area contributed by atoms with Crippen LogP contribution < -0.4 is 15.4 Å². The normalized spacial score (nSPS) is 11.1. The van der Waals surface area contributed by atoms with Crippen molar-refractivity contribution in [2.24, 2.45) is 0 Å². The van der Waals surface area contributed by atoms with Crippen LogP contribution in [0.1, 0.15) is 18.2 Å². The van der Waals surface area contributed by atoms with Gasteiger partial charge in [-0.25, -0.2) is 23.4 Å². The molecule has 0 aliphatic carbocycles. The van der Waals surface area contributed by atoms with E-state index in [9.17, 15) is 13.2 Å². The molecule has 0 fully saturated rings. The van der Waals surface area contributed by atoms with Gasteiger partial charge in [0.1, 0.15) is 0 Å². The van der Waals surface area contributed by atoms with Gasteiger partial charge in [-0.1, -0.05) is 23.5 Å². The molecule has 0 spiro atoms. The molecule has 2 heterocycles. The first kappa shape index (κ1) is 26.0. The standard InChI is InChI=1S/C25H26N6O4S2/c1-4-35-22(32)15-17-6-5-7-19(14-17)31-37(33,34)20-10-8-18(9-11-20)29-24-27-13-12-21(30-24)23-16(2)28-25(26-3)36-23/h5-14,31H,4,15H2,1-3H3,(H,26,28)(H,27,29,30). The number of anilines is 4. The zero-order chi connectivity index (χ0) is 26.4. The SMILES string of the molecule is CCOC(=O)Cc1cccc(NS(=O)(=O)c2ccc(Nc3nccc(-c4sc(NC)nc4C)n3)cc2)c1. The quantitative estimate of drug-likeness (QED) is 0.248. The third kappa shape index (κ3) is 6.60. The topological polar surface area (TPSA) is 135 Å². The predicted octanol–water partition coefficient (Wildman–Crippen LogP) is 4.60. The van der Waals surface area contributed by atoms with Crippen LogP contribution in [0, 0.1) is 6.92 Å². The highest BCUT2D eigenvalue weighted by molar-refractivity contribution is 7.92. The van der Waals surface area contributed by atoms with Gasteiger partial charge in [0.2, 0.25) is 5.95 Å². The van der Waals surface area contributed by atoms with Crippen molar-refractivity contribution in [3.05, 3.63) is 72.1 Å². The van der Waals surface area contributed by atoms with Crippen LogP contribution in [0.4, 0.5) is 22.5 Å². The second-order valence-corrected chi connectivity index (χ2v) is 10.6. The first-order valence-electron chi connectivity index (χ1n) is 11.4. The highest BCUT2D eigenvalue weighted by atomic mass is 32.2. The summed E-state index contributed by atoms with van der Waals surface area (Å²) in [5, 5.41) is 6.94. The second kappa shape index (κ2) is 11.4. The van der Waals surface area contributed by atoms with E-state index in [-0.39, 0.29) is 23.9 Å². The van der Waals surface area contributed by atoms with Crippen LogP contribution in [0.5, 0.6) is 0 Å². The molecule has 4 rings (SSSR count). The van der Waals surface area contributed by atoms with Crippen LogP contribution in [0.2, 0.25) is 0 Å². The summed E-state index contributed by atoms with van der Waals surface area (Å²) >= 11 is 1.50. The highest BCUT2D eigenvalue weighted by Gasteiger charge is 2.16. The van der Waals surface area contributed by atoms with E-state index < -0.39 is 10.0 Å². The van der Waals surface area contributed by atoms with Crippen molar-refractivity contribution >= 4 is 49.8 Å². The van der Waals surface area contributed by atoms with E-state index in [1.165, 1.54) is 23.5 Å². The Labute approximate surface area is 219 Å². The maximum absolute atomic E-state index is 12.9. The Bertz CT molecular complexity index is 1500. The first-order valence-corrected chi connectivity index (χ1v) is 13.7. The molecule has 10 nitrogen and oxygen atoms in total. The number of hydrogen-bond acceptors (Lipinski definition) is 10. The summed E-state index contributed by atoms with van der Waals surface area (Å²) in [6, 6.07) is 14.7. The van der Waals surface area contributed by atoms with Gasteiger partial charge >= 0.3 is 5.97 Å². The van der Waals surface area contributed by atoms with Crippen molar-refractivity contribution in [1.29, 1.82) is 0 Å². The zero-order valence-corrected chi connectivity index (χ0v) is 22.1. The van der Waals surface area contributed by atoms with Crippen molar-refractivity contribution in [3.63, 3.8) is 0 Å². The lowest BCUT2D eigenvalue weighted by molar-refractivity contribution is -0.142. The molecule has 0 aliphatic heterocycles. The predicted molar refractivity (Wildman–Crippen MR) is 145 cm³/mol. The fourth-order valence-corrected chi connectivity index (χ4v) is 5.41. The minimum Gasteiger partial charge on any atom is -0.466 e. The van der Waals surface area contributed by atoms with Gasteiger partial charge in [0.15, 0.2) is 5.13 Å². The number of thiazole rings is 1. The molecular weight excluding hydrogens is 512 g/mol. The summed E-state index contributed by atoms with van der Waals surface area (Å²) in [5.74, 6) is 0.00785. The van der Waals surface area contributed by atoms with E-state index in [1.54, 1.807) is 49.5 Å². The number of carbonyl (C=O) groups is 1. The number of nitrogens with zero attached hydrogens (tertiary/aromatic N) is 3. The molecule has 12 heteroatoms.